The first-order valence-corrected chi connectivity index (χ1v) is 7.84. The van der Waals surface area contributed by atoms with Crippen molar-refractivity contribution in [2.24, 2.45) is 0 Å². The highest BCUT2D eigenvalue weighted by molar-refractivity contribution is 7.90. The minimum atomic E-state index is -3.62. The quantitative estimate of drug-likeness (QED) is 0.859. The fourth-order valence-corrected chi connectivity index (χ4v) is 2.54. The molecule has 0 bridgehead atoms. The first-order chi connectivity index (χ1) is 9.55. The second kappa shape index (κ2) is 6.69. The Bertz CT molecular complexity index is 645. The number of pyridine rings is 1. The van der Waals surface area contributed by atoms with Crippen molar-refractivity contribution in [3.05, 3.63) is 59.2 Å². The summed E-state index contributed by atoms with van der Waals surface area (Å²) >= 11 is 5.68. The Morgan fingerprint density at radius 3 is 2.50 bits per heavy atom. The van der Waals surface area contributed by atoms with Crippen molar-refractivity contribution in [1.82, 2.24) is 9.71 Å². The largest absolute Gasteiger partial charge is 0.300 e. The Morgan fingerprint density at radius 1 is 1.10 bits per heavy atom. The molecule has 1 aromatic heterocycles. The molecule has 106 valence electrons. The van der Waals surface area contributed by atoms with E-state index >= 15 is 0 Å². The third-order valence-corrected chi connectivity index (χ3v) is 3.80. The van der Waals surface area contributed by atoms with E-state index in [0.29, 0.717) is 18.0 Å². The van der Waals surface area contributed by atoms with Crippen LogP contribution in [-0.2, 0) is 16.6 Å². The number of anilines is 1. The van der Waals surface area contributed by atoms with Gasteiger partial charge in [0.1, 0.15) is 5.82 Å². The number of halogens is 1. The Balaban J connectivity index is 1.86. The lowest BCUT2D eigenvalue weighted by atomic mass is 10.2. The van der Waals surface area contributed by atoms with E-state index in [2.05, 4.69) is 14.4 Å². The summed E-state index contributed by atoms with van der Waals surface area (Å²) in [7, 11) is -3.62. The molecule has 0 aliphatic rings. The van der Waals surface area contributed by atoms with Gasteiger partial charge in [0.05, 0.1) is 5.02 Å². The van der Waals surface area contributed by atoms with Gasteiger partial charge in [-0.3, -0.25) is 4.72 Å². The third-order valence-electron chi connectivity index (χ3n) is 2.51. The normalized spacial score (nSPS) is 11.2. The SMILES string of the molecule is O=S(=O)(NCCc1ccccc1)Nc1ccc(Cl)cn1. The summed E-state index contributed by atoms with van der Waals surface area (Å²) < 4.78 is 28.3. The second-order valence-corrected chi connectivity index (χ2v) is 6.03. The number of rotatable bonds is 6. The molecule has 2 rings (SSSR count). The monoisotopic (exact) mass is 311 g/mol. The van der Waals surface area contributed by atoms with Crippen LogP contribution in [0.25, 0.3) is 0 Å². The van der Waals surface area contributed by atoms with E-state index in [-0.39, 0.29) is 5.82 Å². The summed E-state index contributed by atoms with van der Waals surface area (Å²) in [5, 5.41) is 0.449. The molecular weight excluding hydrogens is 298 g/mol. The van der Waals surface area contributed by atoms with E-state index in [1.807, 2.05) is 30.3 Å². The molecule has 20 heavy (non-hydrogen) atoms. The molecular formula is C13H14ClN3O2S. The van der Waals surface area contributed by atoms with Gasteiger partial charge in [0.25, 0.3) is 10.2 Å². The topological polar surface area (TPSA) is 71.1 Å². The number of hydrogen-bond donors (Lipinski definition) is 2. The molecule has 0 saturated heterocycles. The number of hydrogen-bond acceptors (Lipinski definition) is 3. The van der Waals surface area contributed by atoms with Gasteiger partial charge >= 0.3 is 0 Å². The molecule has 0 unspecified atom stereocenters. The van der Waals surface area contributed by atoms with Gasteiger partial charge in [-0.15, -0.1) is 0 Å². The lowest BCUT2D eigenvalue weighted by Crippen LogP contribution is -2.32. The van der Waals surface area contributed by atoms with E-state index in [0.717, 1.165) is 5.56 Å². The van der Waals surface area contributed by atoms with Crippen LogP contribution in [0.5, 0.6) is 0 Å². The van der Waals surface area contributed by atoms with Crippen molar-refractivity contribution >= 4 is 27.6 Å². The molecule has 0 aliphatic carbocycles. The molecule has 0 fully saturated rings. The van der Waals surface area contributed by atoms with Crippen molar-refractivity contribution in [3.8, 4) is 0 Å². The second-order valence-electron chi connectivity index (χ2n) is 4.10. The molecule has 0 spiro atoms. The number of aromatic nitrogens is 1. The molecule has 1 aromatic carbocycles. The van der Waals surface area contributed by atoms with Crippen LogP contribution in [0.4, 0.5) is 5.82 Å². The number of nitrogens with one attached hydrogen (secondary N) is 2. The van der Waals surface area contributed by atoms with Crippen LogP contribution >= 0.6 is 11.6 Å². The number of benzene rings is 1. The average Bonchev–Trinajstić information content (AvgIpc) is 2.42. The zero-order valence-electron chi connectivity index (χ0n) is 10.6. The lowest BCUT2D eigenvalue weighted by Gasteiger charge is -2.08. The Kier molecular flexibility index (Phi) is 4.94. The summed E-state index contributed by atoms with van der Waals surface area (Å²) in [6, 6.07) is 12.7. The van der Waals surface area contributed by atoms with Gasteiger partial charge in [0.2, 0.25) is 0 Å². The summed E-state index contributed by atoms with van der Waals surface area (Å²) in [5.74, 6) is 0.224. The van der Waals surface area contributed by atoms with Gasteiger partial charge in [-0.2, -0.15) is 13.1 Å². The predicted octanol–water partition coefficient (Wildman–Crippen LogP) is 2.22. The zero-order valence-corrected chi connectivity index (χ0v) is 12.2. The van der Waals surface area contributed by atoms with Crippen LogP contribution < -0.4 is 9.44 Å². The first-order valence-electron chi connectivity index (χ1n) is 5.98. The smallest absolute Gasteiger partial charge is 0.255 e. The average molecular weight is 312 g/mol. The minimum Gasteiger partial charge on any atom is -0.255 e. The minimum absolute atomic E-state index is 0.224. The Morgan fingerprint density at radius 2 is 1.85 bits per heavy atom. The maximum Gasteiger partial charge on any atom is 0.300 e. The van der Waals surface area contributed by atoms with Crippen LogP contribution in [0.2, 0.25) is 5.02 Å². The Labute approximate surface area is 123 Å². The molecule has 7 heteroatoms. The van der Waals surface area contributed by atoms with E-state index in [1.165, 1.54) is 12.3 Å². The zero-order chi connectivity index (χ0) is 14.4. The van der Waals surface area contributed by atoms with Crippen LogP contribution in [0.1, 0.15) is 5.56 Å². The standard InChI is InChI=1S/C13H14ClN3O2S/c14-12-6-7-13(15-10-12)17-20(18,19)16-9-8-11-4-2-1-3-5-11/h1-7,10,16H,8-9H2,(H,15,17). The van der Waals surface area contributed by atoms with Crippen molar-refractivity contribution < 1.29 is 8.42 Å². The van der Waals surface area contributed by atoms with Gasteiger partial charge in [0.15, 0.2) is 0 Å². The van der Waals surface area contributed by atoms with Gasteiger partial charge in [-0.1, -0.05) is 41.9 Å². The maximum absolute atomic E-state index is 11.8. The predicted molar refractivity (Wildman–Crippen MR) is 79.9 cm³/mol. The highest BCUT2D eigenvalue weighted by atomic mass is 35.5. The van der Waals surface area contributed by atoms with Crippen molar-refractivity contribution in [3.63, 3.8) is 0 Å². The maximum atomic E-state index is 11.8. The van der Waals surface area contributed by atoms with Crippen molar-refractivity contribution in [1.29, 1.82) is 0 Å². The molecule has 2 aromatic rings. The third kappa shape index (κ3) is 4.80. The van der Waals surface area contributed by atoms with Gasteiger partial charge in [-0.25, -0.2) is 4.98 Å². The van der Waals surface area contributed by atoms with Crippen LogP contribution in [0.3, 0.4) is 0 Å². The summed E-state index contributed by atoms with van der Waals surface area (Å²) in [6.07, 6.45) is 2.00. The lowest BCUT2D eigenvalue weighted by molar-refractivity contribution is 0.587. The molecule has 1 heterocycles. The van der Waals surface area contributed by atoms with Crippen molar-refractivity contribution in [2.75, 3.05) is 11.3 Å². The molecule has 0 aliphatic heterocycles. The molecule has 2 N–H and O–H groups in total. The van der Waals surface area contributed by atoms with Crippen LogP contribution in [0.15, 0.2) is 48.7 Å². The van der Waals surface area contributed by atoms with E-state index in [1.54, 1.807) is 6.07 Å². The Hall–Kier alpha value is -1.63. The summed E-state index contributed by atoms with van der Waals surface area (Å²) in [5.41, 5.74) is 1.07. The fraction of sp³-hybridized carbons (Fsp3) is 0.154. The molecule has 0 radical (unpaired) electrons. The van der Waals surface area contributed by atoms with E-state index < -0.39 is 10.2 Å². The molecule has 0 atom stereocenters. The summed E-state index contributed by atoms with van der Waals surface area (Å²) in [4.78, 5) is 3.87. The first kappa shape index (κ1) is 14.8. The van der Waals surface area contributed by atoms with E-state index in [4.69, 9.17) is 11.6 Å². The highest BCUT2D eigenvalue weighted by Crippen LogP contribution is 2.10. The van der Waals surface area contributed by atoms with E-state index in [9.17, 15) is 8.42 Å². The highest BCUT2D eigenvalue weighted by Gasteiger charge is 2.09. The molecule has 5 nitrogen and oxygen atoms in total. The van der Waals surface area contributed by atoms with Gasteiger partial charge in [0, 0.05) is 12.7 Å². The van der Waals surface area contributed by atoms with Crippen molar-refractivity contribution in [2.45, 2.75) is 6.42 Å². The van der Waals surface area contributed by atoms with Crippen LogP contribution in [-0.4, -0.2) is 19.9 Å². The number of nitrogens with zero attached hydrogens (tertiary/aromatic N) is 1. The molecule has 0 saturated carbocycles. The van der Waals surface area contributed by atoms with Gasteiger partial charge in [-0.05, 0) is 24.1 Å². The van der Waals surface area contributed by atoms with Crippen LogP contribution in [0, 0.1) is 0 Å². The van der Waals surface area contributed by atoms with Gasteiger partial charge < -0.3 is 0 Å². The fourth-order valence-electron chi connectivity index (χ4n) is 1.58. The summed E-state index contributed by atoms with van der Waals surface area (Å²) in [6.45, 7) is 0.312. The molecule has 0 amide bonds.